The van der Waals surface area contributed by atoms with Gasteiger partial charge in [0.2, 0.25) is 0 Å². The first-order valence-corrected chi connectivity index (χ1v) is 8.27. The predicted octanol–water partition coefficient (Wildman–Crippen LogP) is 5.05. The molecule has 0 saturated heterocycles. The summed E-state index contributed by atoms with van der Waals surface area (Å²) in [6.07, 6.45) is -4.75. The molecule has 0 aliphatic carbocycles. The van der Waals surface area contributed by atoms with E-state index in [-0.39, 0.29) is 53.9 Å². The molecule has 0 radical (unpaired) electrons. The molecule has 0 saturated carbocycles. The highest BCUT2D eigenvalue weighted by Crippen LogP contribution is 2.35. The smallest absolute Gasteiger partial charge is 0.416 e. The maximum Gasteiger partial charge on any atom is 0.416 e. The summed E-state index contributed by atoms with van der Waals surface area (Å²) in [7, 11) is 1.50. The van der Waals surface area contributed by atoms with Crippen LogP contribution in [0, 0.1) is 0 Å². The van der Waals surface area contributed by atoms with Gasteiger partial charge in [-0.3, -0.25) is 0 Å². The number of aliphatic imine (C=N–C) groups is 1. The molecule has 2 aromatic carbocycles. The van der Waals surface area contributed by atoms with Gasteiger partial charge in [-0.05, 0) is 43.7 Å². The Morgan fingerprint density at radius 3 is 2.46 bits per heavy atom. The molecule has 0 amide bonds. The van der Waals surface area contributed by atoms with Crippen LogP contribution in [0.3, 0.4) is 0 Å². The summed E-state index contributed by atoms with van der Waals surface area (Å²) in [4.78, 5) is 4.02. The van der Waals surface area contributed by atoms with Gasteiger partial charge in [-0.2, -0.15) is 13.2 Å². The highest BCUT2D eigenvalue weighted by Gasteiger charge is 2.33. The van der Waals surface area contributed by atoms with Gasteiger partial charge in [0.15, 0.2) is 5.96 Å². The van der Waals surface area contributed by atoms with Crippen LogP contribution in [0.5, 0.6) is 11.5 Å². The van der Waals surface area contributed by atoms with Gasteiger partial charge in [0.1, 0.15) is 11.5 Å². The molecule has 2 aromatic rings. The molecule has 3 N–H and O–H groups in total. The summed E-state index contributed by atoms with van der Waals surface area (Å²) in [5.74, 6) is 0.683. The third kappa shape index (κ3) is 6.77. The van der Waals surface area contributed by atoms with Crippen LogP contribution in [0.15, 0.2) is 47.5 Å². The summed E-state index contributed by atoms with van der Waals surface area (Å²) in [6, 6.07) is 10.8. The fraction of sp³-hybridized carbons (Fsp3) is 0.316. The zero-order valence-electron chi connectivity index (χ0n) is 15.7. The molecule has 0 bridgehead atoms. The average Bonchev–Trinajstić information content (AvgIpc) is 2.59. The lowest BCUT2D eigenvalue weighted by atomic mass is 10.1. The largest absolute Gasteiger partial charge is 0.495 e. The van der Waals surface area contributed by atoms with Gasteiger partial charge in [0, 0.05) is 0 Å². The van der Waals surface area contributed by atoms with Crippen LogP contribution in [0.2, 0.25) is 0 Å². The first-order valence-electron chi connectivity index (χ1n) is 8.27. The van der Waals surface area contributed by atoms with Crippen molar-refractivity contribution in [2.45, 2.75) is 32.7 Å². The normalized spacial score (nSPS) is 11.8. The Balaban J connectivity index is 0.00000392. The number of nitrogens with one attached hydrogen (secondary N) is 1. The number of nitrogens with two attached hydrogens (primary N) is 1. The van der Waals surface area contributed by atoms with Gasteiger partial charge >= 0.3 is 6.18 Å². The molecule has 5 nitrogen and oxygen atoms in total. The van der Waals surface area contributed by atoms with E-state index >= 15 is 0 Å². The molecule has 0 atom stereocenters. The summed E-state index contributed by atoms with van der Waals surface area (Å²) in [5.41, 5.74) is 5.58. The number of halogens is 4. The Morgan fingerprint density at radius 1 is 1.18 bits per heavy atom. The topological polar surface area (TPSA) is 68.9 Å². The second-order valence-corrected chi connectivity index (χ2v) is 6.01. The Hall–Kier alpha value is -2.17. The molecule has 0 spiro atoms. The minimum atomic E-state index is -4.52. The highest BCUT2D eigenvalue weighted by atomic mass is 127. The standard InChI is InChI=1S/C19H22F3N3O2.HI/c1-12(2)27-14-9-8-13(15(10-14)19(20,21)22)11-24-18(23)25-16-6-4-5-7-17(16)26-3;/h4-10,12H,11H2,1-3H3,(H3,23,24,25);1H. The van der Waals surface area contributed by atoms with E-state index in [1.807, 2.05) is 0 Å². The maximum absolute atomic E-state index is 13.4. The molecule has 9 heteroatoms. The number of alkyl halides is 3. The van der Waals surface area contributed by atoms with E-state index in [1.54, 1.807) is 38.1 Å². The molecule has 0 aliphatic rings. The van der Waals surface area contributed by atoms with E-state index in [4.69, 9.17) is 15.2 Å². The number of benzene rings is 2. The quantitative estimate of drug-likeness (QED) is 0.325. The first kappa shape index (κ1) is 23.9. The van der Waals surface area contributed by atoms with Gasteiger partial charge in [0.25, 0.3) is 0 Å². The highest BCUT2D eigenvalue weighted by molar-refractivity contribution is 14.0. The number of para-hydroxylation sites is 2. The summed E-state index contributed by atoms with van der Waals surface area (Å²) >= 11 is 0. The van der Waals surface area contributed by atoms with Crippen molar-refractivity contribution < 1.29 is 22.6 Å². The Bertz CT molecular complexity index is 811. The number of hydrogen-bond donors (Lipinski definition) is 2. The molecule has 0 aromatic heterocycles. The zero-order valence-corrected chi connectivity index (χ0v) is 18.0. The van der Waals surface area contributed by atoms with Crippen LogP contribution in [0.25, 0.3) is 0 Å². The number of rotatable bonds is 6. The van der Waals surface area contributed by atoms with Crippen LogP contribution in [-0.2, 0) is 12.7 Å². The molecule has 0 unspecified atom stereocenters. The first-order chi connectivity index (χ1) is 12.7. The van der Waals surface area contributed by atoms with Crippen molar-refractivity contribution in [1.82, 2.24) is 0 Å². The molecule has 2 rings (SSSR count). The van der Waals surface area contributed by atoms with Crippen molar-refractivity contribution in [2.24, 2.45) is 10.7 Å². The van der Waals surface area contributed by atoms with Crippen molar-refractivity contribution >= 4 is 35.6 Å². The molecular weight excluding hydrogens is 486 g/mol. The summed E-state index contributed by atoms with van der Waals surface area (Å²) in [5, 5.41) is 2.82. The van der Waals surface area contributed by atoms with Crippen molar-refractivity contribution in [3.05, 3.63) is 53.6 Å². The van der Waals surface area contributed by atoms with Gasteiger partial charge < -0.3 is 20.5 Å². The second-order valence-electron chi connectivity index (χ2n) is 6.01. The summed E-state index contributed by atoms with van der Waals surface area (Å²) < 4.78 is 50.6. The molecule has 0 aliphatic heterocycles. The molecule has 154 valence electrons. The van der Waals surface area contributed by atoms with Gasteiger partial charge in [-0.25, -0.2) is 4.99 Å². The molecule has 0 fully saturated rings. The second kappa shape index (κ2) is 10.4. The number of ether oxygens (including phenoxy) is 2. The van der Waals surface area contributed by atoms with Crippen molar-refractivity contribution in [3.63, 3.8) is 0 Å². The number of hydrogen-bond acceptors (Lipinski definition) is 3. The Morgan fingerprint density at radius 2 is 1.86 bits per heavy atom. The van der Waals surface area contributed by atoms with Crippen LogP contribution in [0.4, 0.5) is 18.9 Å². The van der Waals surface area contributed by atoms with Crippen LogP contribution in [0.1, 0.15) is 25.0 Å². The number of guanidine groups is 1. The minimum absolute atomic E-state index is 0. The lowest BCUT2D eigenvalue weighted by Crippen LogP contribution is -2.23. The lowest BCUT2D eigenvalue weighted by molar-refractivity contribution is -0.138. The van der Waals surface area contributed by atoms with Gasteiger partial charge in [-0.15, -0.1) is 24.0 Å². The van der Waals surface area contributed by atoms with E-state index < -0.39 is 11.7 Å². The van der Waals surface area contributed by atoms with E-state index in [0.29, 0.717) is 11.4 Å². The summed E-state index contributed by atoms with van der Waals surface area (Å²) in [6.45, 7) is 3.26. The zero-order chi connectivity index (χ0) is 20.0. The fourth-order valence-electron chi connectivity index (χ4n) is 2.40. The third-order valence-corrected chi connectivity index (χ3v) is 3.55. The number of anilines is 1. The van der Waals surface area contributed by atoms with E-state index in [2.05, 4.69) is 10.3 Å². The van der Waals surface area contributed by atoms with Gasteiger partial charge in [-0.1, -0.05) is 18.2 Å². The minimum Gasteiger partial charge on any atom is -0.495 e. The molecular formula is C19H23F3IN3O2. The molecule has 28 heavy (non-hydrogen) atoms. The van der Waals surface area contributed by atoms with Crippen LogP contribution in [-0.4, -0.2) is 19.2 Å². The average molecular weight is 509 g/mol. The third-order valence-electron chi connectivity index (χ3n) is 3.55. The monoisotopic (exact) mass is 509 g/mol. The Labute approximate surface area is 179 Å². The van der Waals surface area contributed by atoms with Crippen molar-refractivity contribution in [2.75, 3.05) is 12.4 Å². The van der Waals surface area contributed by atoms with Gasteiger partial charge in [0.05, 0.1) is 31.0 Å². The van der Waals surface area contributed by atoms with E-state index in [1.165, 1.54) is 19.2 Å². The lowest BCUT2D eigenvalue weighted by Gasteiger charge is -2.16. The SMILES string of the molecule is COc1ccccc1NC(N)=NCc1ccc(OC(C)C)cc1C(F)(F)F.I. The Kier molecular flexibility index (Phi) is 8.86. The van der Waals surface area contributed by atoms with Crippen LogP contribution < -0.4 is 20.5 Å². The van der Waals surface area contributed by atoms with Crippen molar-refractivity contribution in [3.8, 4) is 11.5 Å². The fourth-order valence-corrected chi connectivity index (χ4v) is 2.40. The van der Waals surface area contributed by atoms with E-state index in [9.17, 15) is 13.2 Å². The van der Waals surface area contributed by atoms with Crippen molar-refractivity contribution in [1.29, 1.82) is 0 Å². The number of methoxy groups -OCH3 is 1. The number of nitrogens with zero attached hydrogens (tertiary/aromatic N) is 1. The maximum atomic E-state index is 13.4. The van der Waals surface area contributed by atoms with E-state index in [0.717, 1.165) is 6.07 Å². The van der Waals surface area contributed by atoms with Crippen LogP contribution >= 0.6 is 24.0 Å². The predicted molar refractivity (Wildman–Crippen MR) is 115 cm³/mol. The molecule has 0 heterocycles.